The van der Waals surface area contributed by atoms with E-state index in [1.54, 1.807) is 0 Å². The molecule has 0 fully saturated rings. The zero-order valence-corrected chi connectivity index (χ0v) is 17.7. The van der Waals surface area contributed by atoms with Crippen LogP contribution in [0.3, 0.4) is 0 Å². The summed E-state index contributed by atoms with van der Waals surface area (Å²) in [6.45, 7) is 0. The lowest BCUT2D eigenvalue weighted by molar-refractivity contribution is -0.139. The Morgan fingerprint density at radius 1 is 0.688 bits per heavy atom. The Balaban J connectivity index is 1.99. The Kier molecular flexibility index (Phi) is 8.22. The van der Waals surface area contributed by atoms with Gasteiger partial charge in [0, 0.05) is 11.1 Å². The number of methoxy groups -OCH3 is 4. The molecule has 0 heterocycles. The van der Waals surface area contributed by atoms with E-state index in [-0.39, 0.29) is 34.5 Å². The number of hydrazone groups is 2. The van der Waals surface area contributed by atoms with Gasteiger partial charge in [-0.05, 0) is 24.3 Å². The second-order valence-electron chi connectivity index (χ2n) is 5.95. The van der Waals surface area contributed by atoms with Crippen molar-refractivity contribution in [2.75, 3.05) is 28.4 Å². The average Bonchev–Trinajstić information content (AvgIpc) is 2.80. The molecular weight excluding hydrogens is 424 g/mol. The molecule has 0 aliphatic carbocycles. The van der Waals surface area contributed by atoms with E-state index >= 15 is 0 Å². The fourth-order valence-electron chi connectivity index (χ4n) is 2.41. The monoisotopic (exact) mass is 446 g/mol. The summed E-state index contributed by atoms with van der Waals surface area (Å²) in [6, 6.07) is 5.83. The second-order valence-corrected chi connectivity index (χ2v) is 5.95. The minimum Gasteiger partial charge on any atom is -0.502 e. The summed E-state index contributed by atoms with van der Waals surface area (Å²) >= 11 is 0. The normalized spacial score (nSPS) is 10.8. The molecule has 2 aromatic rings. The van der Waals surface area contributed by atoms with Crippen molar-refractivity contribution in [2.45, 2.75) is 0 Å². The number of carbonyl (C=O) groups excluding carboxylic acids is 2. The first-order valence-corrected chi connectivity index (χ1v) is 8.91. The zero-order chi connectivity index (χ0) is 23.7. The number of amides is 2. The molecule has 4 N–H and O–H groups in total. The van der Waals surface area contributed by atoms with E-state index in [1.807, 2.05) is 10.9 Å². The Morgan fingerprint density at radius 2 is 0.969 bits per heavy atom. The predicted molar refractivity (Wildman–Crippen MR) is 114 cm³/mol. The Bertz CT molecular complexity index is 918. The van der Waals surface area contributed by atoms with Crippen LogP contribution >= 0.6 is 0 Å². The van der Waals surface area contributed by atoms with Crippen LogP contribution in [0.15, 0.2) is 34.5 Å². The van der Waals surface area contributed by atoms with Crippen molar-refractivity contribution < 1.29 is 38.7 Å². The first-order chi connectivity index (χ1) is 15.3. The number of ether oxygens (including phenoxy) is 4. The summed E-state index contributed by atoms with van der Waals surface area (Å²) in [5.74, 6) is -1.93. The minimum absolute atomic E-state index is 0.145. The van der Waals surface area contributed by atoms with Crippen molar-refractivity contribution in [1.82, 2.24) is 10.9 Å². The van der Waals surface area contributed by atoms with Crippen LogP contribution in [-0.2, 0) is 9.59 Å². The van der Waals surface area contributed by atoms with Gasteiger partial charge in [0.1, 0.15) is 0 Å². The molecule has 0 unspecified atom stereocenters. The van der Waals surface area contributed by atoms with Gasteiger partial charge in [0.05, 0.1) is 40.9 Å². The van der Waals surface area contributed by atoms with E-state index in [4.69, 9.17) is 18.9 Å². The summed E-state index contributed by atoms with van der Waals surface area (Å²) in [7, 11) is 5.47. The highest BCUT2D eigenvalue weighted by Gasteiger charge is 2.13. The van der Waals surface area contributed by atoms with Crippen LogP contribution in [0.25, 0.3) is 0 Å². The minimum atomic E-state index is -1.07. The molecule has 2 aromatic carbocycles. The number of rotatable bonds is 8. The van der Waals surface area contributed by atoms with Crippen LogP contribution in [0.1, 0.15) is 11.1 Å². The first kappa shape index (κ1) is 23.8. The number of nitrogens with one attached hydrogen (secondary N) is 2. The van der Waals surface area contributed by atoms with E-state index in [0.29, 0.717) is 11.1 Å². The van der Waals surface area contributed by atoms with Crippen molar-refractivity contribution in [1.29, 1.82) is 0 Å². The Labute approximate surface area is 183 Å². The third-order valence-electron chi connectivity index (χ3n) is 3.97. The number of carbonyl (C=O) groups is 2. The lowest BCUT2D eigenvalue weighted by Gasteiger charge is -2.09. The molecule has 170 valence electrons. The smallest absolute Gasteiger partial charge is 0.331 e. The molecule has 0 spiro atoms. The van der Waals surface area contributed by atoms with Crippen LogP contribution in [0.5, 0.6) is 34.5 Å². The third-order valence-corrected chi connectivity index (χ3v) is 3.97. The summed E-state index contributed by atoms with van der Waals surface area (Å²) in [4.78, 5) is 23.7. The third kappa shape index (κ3) is 5.78. The number of benzene rings is 2. The summed E-state index contributed by atoms with van der Waals surface area (Å²) in [5.41, 5.74) is 4.95. The molecule has 0 bridgehead atoms. The molecule has 0 saturated heterocycles. The number of hydrogen-bond donors (Lipinski definition) is 4. The van der Waals surface area contributed by atoms with Gasteiger partial charge in [0.15, 0.2) is 23.0 Å². The van der Waals surface area contributed by atoms with E-state index < -0.39 is 11.8 Å². The lowest BCUT2D eigenvalue weighted by Crippen LogP contribution is -2.35. The molecule has 12 nitrogen and oxygen atoms in total. The number of hydrogen-bond acceptors (Lipinski definition) is 10. The Hall–Kier alpha value is -4.48. The maximum atomic E-state index is 11.8. The molecule has 0 saturated carbocycles. The maximum absolute atomic E-state index is 11.8. The van der Waals surface area contributed by atoms with Crippen LogP contribution < -0.4 is 29.8 Å². The number of phenols is 2. The highest BCUT2D eigenvalue weighted by atomic mass is 16.5. The van der Waals surface area contributed by atoms with Crippen LogP contribution in [0.2, 0.25) is 0 Å². The molecule has 0 aliphatic heterocycles. The quantitative estimate of drug-likeness (QED) is 0.262. The molecule has 0 aliphatic rings. The second kappa shape index (κ2) is 11.1. The Morgan fingerprint density at radius 3 is 1.22 bits per heavy atom. The van der Waals surface area contributed by atoms with Crippen molar-refractivity contribution >= 4 is 24.2 Å². The van der Waals surface area contributed by atoms with Gasteiger partial charge in [-0.15, -0.1) is 0 Å². The van der Waals surface area contributed by atoms with Crippen molar-refractivity contribution in [3.63, 3.8) is 0 Å². The average molecular weight is 446 g/mol. The van der Waals surface area contributed by atoms with E-state index in [9.17, 15) is 19.8 Å². The van der Waals surface area contributed by atoms with Gasteiger partial charge in [-0.3, -0.25) is 9.59 Å². The summed E-state index contributed by atoms with van der Waals surface area (Å²) in [6.07, 6.45) is 2.46. The van der Waals surface area contributed by atoms with Gasteiger partial charge in [-0.1, -0.05) is 0 Å². The van der Waals surface area contributed by atoms with Crippen molar-refractivity contribution in [3.05, 3.63) is 35.4 Å². The topological polar surface area (TPSA) is 160 Å². The zero-order valence-electron chi connectivity index (χ0n) is 17.7. The van der Waals surface area contributed by atoms with Gasteiger partial charge in [-0.25, -0.2) is 10.9 Å². The van der Waals surface area contributed by atoms with Gasteiger partial charge >= 0.3 is 11.8 Å². The number of phenolic OH excluding ortho intramolecular Hbond substituents is 2. The molecule has 32 heavy (non-hydrogen) atoms. The van der Waals surface area contributed by atoms with Gasteiger partial charge < -0.3 is 29.2 Å². The number of nitrogens with zero attached hydrogens (tertiary/aromatic N) is 2. The summed E-state index contributed by atoms with van der Waals surface area (Å²) in [5, 5.41) is 27.1. The highest BCUT2D eigenvalue weighted by Crippen LogP contribution is 2.37. The van der Waals surface area contributed by atoms with Gasteiger partial charge in [-0.2, -0.15) is 10.2 Å². The standard InChI is InChI=1S/C20H22N4O8/c1-29-13-5-11(6-14(30-2)17(13)25)9-21-23-19(27)20(28)24-22-10-12-7-15(31-3)18(26)16(8-12)32-4/h5-10,25-26H,1-4H3,(H,23,27)(H,24,28)/b21-9-,22-10-. The predicted octanol–water partition coefficient (Wildman–Crippen LogP) is 0.733. The van der Waals surface area contributed by atoms with E-state index in [0.717, 1.165) is 0 Å². The highest BCUT2D eigenvalue weighted by molar-refractivity contribution is 6.35. The fraction of sp³-hybridized carbons (Fsp3) is 0.200. The van der Waals surface area contributed by atoms with Crippen LogP contribution in [-0.4, -0.2) is 62.9 Å². The van der Waals surface area contributed by atoms with Gasteiger partial charge in [0.25, 0.3) is 0 Å². The molecule has 12 heteroatoms. The van der Waals surface area contributed by atoms with Gasteiger partial charge in [0.2, 0.25) is 11.5 Å². The lowest BCUT2D eigenvalue weighted by atomic mass is 10.2. The van der Waals surface area contributed by atoms with E-state index in [1.165, 1.54) is 65.1 Å². The SMILES string of the molecule is COc1cc(/C=N\NC(=O)C(=O)N/N=C\c2cc(OC)c(O)c(OC)c2)cc(OC)c1O. The number of aromatic hydroxyl groups is 2. The first-order valence-electron chi connectivity index (χ1n) is 8.91. The van der Waals surface area contributed by atoms with Crippen LogP contribution in [0.4, 0.5) is 0 Å². The molecule has 0 aromatic heterocycles. The molecule has 0 radical (unpaired) electrons. The summed E-state index contributed by atoms with van der Waals surface area (Å²) < 4.78 is 20.1. The molecule has 0 atom stereocenters. The van der Waals surface area contributed by atoms with Crippen LogP contribution in [0, 0.1) is 0 Å². The molecule has 2 rings (SSSR count). The molecule has 2 amide bonds. The molecular formula is C20H22N4O8. The van der Waals surface area contributed by atoms with Crippen molar-refractivity contribution in [3.8, 4) is 34.5 Å². The van der Waals surface area contributed by atoms with Crippen molar-refractivity contribution in [2.24, 2.45) is 10.2 Å². The van der Waals surface area contributed by atoms with E-state index in [2.05, 4.69) is 10.2 Å². The maximum Gasteiger partial charge on any atom is 0.331 e. The largest absolute Gasteiger partial charge is 0.502 e. The fourth-order valence-corrected chi connectivity index (χ4v) is 2.41.